The van der Waals surface area contributed by atoms with E-state index in [-0.39, 0.29) is 11.7 Å². The molecule has 0 spiro atoms. The highest BCUT2D eigenvalue weighted by Gasteiger charge is 2.33. The predicted octanol–water partition coefficient (Wildman–Crippen LogP) is 5.92. The summed E-state index contributed by atoms with van der Waals surface area (Å²) in [5, 5.41) is 18.6. The summed E-state index contributed by atoms with van der Waals surface area (Å²) in [6.45, 7) is 11.1. The number of nitrogens with zero attached hydrogens (tertiary/aromatic N) is 2. The number of anilines is 1. The lowest BCUT2D eigenvalue weighted by Crippen LogP contribution is -2.39. The van der Waals surface area contributed by atoms with E-state index in [1.807, 2.05) is 26.0 Å². The van der Waals surface area contributed by atoms with Gasteiger partial charge in [0.1, 0.15) is 28.3 Å². The van der Waals surface area contributed by atoms with Crippen molar-refractivity contribution < 1.29 is 9.53 Å². The molecule has 0 aliphatic carbocycles. The number of fused-ring (bicyclic) bond motifs is 1. The second kappa shape index (κ2) is 9.00. The summed E-state index contributed by atoms with van der Waals surface area (Å²) in [7, 11) is 0. The summed E-state index contributed by atoms with van der Waals surface area (Å²) in [4.78, 5) is 19.9. The molecule has 2 aromatic rings. The molecule has 0 saturated heterocycles. The third-order valence-electron chi connectivity index (χ3n) is 4.87. The van der Waals surface area contributed by atoms with Gasteiger partial charge in [-0.25, -0.2) is 4.79 Å². The Kier molecular flexibility index (Phi) is 6.72. The van der Waals surface area contributed by atoms with Gasteiger partial charge in [0.15, 0.2) is 0 Å². The molecule has 0 radical (unpaired) electrons. The van der Waals surface area contributed by atoms with Gasteiger partial charge in [0.2, 0.25) is 0 Å². The van der Waals surface area contributed by atoms with Crippen LogP contribution in [0.4, 0.5) is 5.00 Å². The van der Waals surface area contributed by atoms with E-state index in [1.165, 1.54) is 17.4 Å². The predicted molar refractivity (Wildman–Crippen MR) is 133 cm³/mol. The number of thiophene rings is 1. The fourth-order valence-electron chi connectivity index (χ4n) is 3.35. The zero-order valence-electron chi connectivity index (χ0n) is 19.0. The van der Waals surface area contributed by atoms with E-state index in [1.54, 1.807) is 50.8 Å². The summed E-state index contributed by atoms with van der Waals surface area (Å²) in [6.07, 6.45) is 2.86. The number of nitrogens with one attached hydrogen (secondary N) is 2. The van der Waals surface area contributed by atoms with Crippen molar-refractivity contribution >= 4 is 51.3 Å². The summed E-state index contributed by atoms with van der Waals surface area (Å²) in [5.74, 6) is -0.192. The monoisotopic (exact) mass is 470 g/mol. The van der Waals surface area contributed by atoms with Gasteiger partial charge in [0.05, 0.1) is 5.71 Å². The third kappa shape index (κ3) is 5.00. The summed E-state index contributed by atoms with van der Waals surface area (Å²) in [6, 6.07) is 6.61. The standard InChI is InChI=1S/C24H27ClN4O2S/c1-13-14(2)32-23-20(13)21(16-7-9-17(25)10-8-16)28-18(22(27)29(23)15(3)26)11-12-19(30)31-24(4,5)6/h7-12,18,26-27H,1-6H3/b12-11+,26-15?,27-22?. The number of carbonyl (C=O) groups is 1. The van der Waals surface area contributed by atoms with Gasteiger partial charge in [0, 0.05) is 27.1 Å². The minimum Gasteiger partial charge on any atom is -0.457 e. The quantitative estimate of drug-likeness (QED) is 0.252. The highest BCUT2D eigenvalue weighted by atomic mass is 35.5. The zero-order chi connectivity index (χ0) is 23.8. The first-order valence-electron chi connectivity index (χ1n) is 10.2. The smallest absolute Gasteiger partial charge is 0.331 e. The Morgan fingerprint density at radius 2 is 1.88 bits per heavy atom. The molecule has 6 nitrogen and oxygen atoms in total. The third-order valence-corrected chi connectivity index (χ3v) is 6.31. The average molecular weight is 471 g/mol. The maximum absolute atomic E-state index is 12.3. The van der Waals surface area contributed by atoms with Crippen LogP contribution in [0.2, 0.25) is 5.02 Å². The minimum atomic E-state index is -0.771. The fourth-order valence-corrected chi connectivity index (χ4v) is 4.70. The molecule has 2 heterocycles. The number of rotatable bonds is 3. The first kappa shape index (κ1) is 23.9. The van der Waals surface area contributed by atoms with E-state index < -0.39 is 17.6 Å². The van der Waals surface area contributed by atoms with Gasteiger partial charge in [-0.15, -0.1) is 11.3 Å². The van der Waals surface area contributed by atoms with Gasteiger partial charge >= 0.3 is 5.97 Å². The van der Waals surface area contributed by atoms with Crippen LogP contribution in [0.3, 0.4) is 0 Å². The number of aryl methyl sites for hydroxylation is 1. The van der Waals surface area contributed by atoms with Crippen molar-refractivity contribution in [2.75, 3.05) is 4.90 Å². The van der Waals surface area contributed by atoms with E-state index >= 15 is 0 Å². The van der Waals surface area contributed by atoms with Crippen molar-refractivity contribution in [3.63, 3.8) is 0 Å². The van der Waals surface area contributed by atoms with E-state index in [4.69, 9.17) is 32.1 Å². The van der Waals surface area contributed by atoms with Crippen molar-refractivity contribution in [1.82, 2.24) is 0 Å². The Bertz CT molecular complexity index is 1140. The molecule has 1 aromatic carbocycles. The van der Waals surface area contributed by atoms with Gasteiger partial charge in [0.25, 0.3) is 0 Å². The van der Waals surface area contributed by atoms with Crippen LogP contribution in [-0.4, -0.2) is 35.0 Å². The van der Waals surface area contributed by atoms with Gasteiger partial charge in [-0.2, -0.15) is 0 Å². The molecule has 1 aliphatic heterocycles. The molecule has 32 heavy (non-hydrogen) atoms. The molecule has 168 valence electrons. The molecule has 1 aromatic heterocycles. The minimum absolute atomic E-state index is 0.101. The molecular formula is C24H27ClN4O2S. The van der Waals surface area contributed by atoms with Crippen LogP contribution in [0, 0.1) is 24.7 Å². The van der Waals surface area contributed by atoms with Crippen LogP contribution in [0.25, 0.3) is 0 Å². The molecule has 0 amide bonds. The van der Waals surface area contributed by atoms with Crippen LogP contribution in [0.15, 0.2) is 41.4 Å². The number of carbonyl (C=O) groups excluding carboxylic acids is 1. The molecule has 1 unspecified atom stereocenters. The Morgan fingerprint density at radius 3 is 2.44 bits per heavy atom. The van der Waals surface area contributed by atoms with Crippen LogP contribution in [0.1, 0.15) is 49.3 Å². The van der Waals surface area contributed by atoms with Crippen molar-refractivity contribution in [1.29, 1.82) is 10.8 Å². The van der Waals surface area contributed by atoms with Crippen LogP contribution >= 0.6 is 22.9 Å². The van der Waals surface area contributed by atoms with Crippen molar-refractivity contribution in [3.05, 3.63) is 63.0 Å². The van der Waals surface area contributed by atoms with E-state index in [0.717, 1.165) is 26.6 Å². The SMILES string of the molecule is CC(=N)N1C(=N)C(/C=C/C(=O)OC(C)(C)C)N=C(c2ccc(Cl)cc2)c2c1sc(C)c2C. The van der Waals surface area contributed by atoms with Gasteiger partial charge in [-0.3, -0.25) is 20.7 Å². The average Bonchev–Trinajstić information content (AvgIpc) is 2.88. The number of benzene rings is 1. The zero-order valence-corrected chi connectivity index (χ0v) is 20.6. The van der Waals surface area contributed by atoms with E-state index in [0.29, 0.717) is 10.7 Å². The summed E-state index contributed by atoms with van der Waals surface area (Å²) < 4.78 is 5.36. The lowest BCUT2D eigenvalue weighted by atomic mass is 10.00. The molecule has 0 bridgehead atoms. The Hall–Kier alpha value is -2.77. The second-order valence-electron chi connectivity index (χ2n) is 8.59. The number of halogens is 1. The van der Waals surface area contributed by atoms with Crippen LogP contribution in [0.5, 0.6) is 0 Å². The molecule has 0 saturated carbocycles. The normalized spacial score (nSPS) is 16.6. The van der Waals surface area contributed by atoms with Crippen molar-refractivity contribution in [3.8, 4) is 0 Å². The van der Waals surface area contributed by atoms with Crippen molar-refractivity contribution in [2.45, 2.75) is 53.2 Å². The van der Waals surface area contributed by atoms with E-state index in [2.05, 4.69) is 0 Å². The fraction of sp³-hybridized carbons (Fsp3) is 0.333. The first-order valence-corrected chi connectivity index (χ1v) is 11.4. The number of hydrogen-bond acceptors (Lipinski definition) is 6. The maximum Gasteiger partial charge on any atom is 0.331 e. The maximum atomic E-state index is 12.3. The lowest BCUT2D eigenvalue weighted by Gasteiger charge is -2.23. The van der Waals surface area contributed by atoms with Crippen LogP contribution in [-0.2, 0) is 9.53 Å². The molecular weight excluding hydrogens is 444 g/mol. The number of ether oxygens (including phenoxy) is 1. The first-order chi connectivity index (χ1) is 14.9. The highest BCUT2D eigenvalue weighted by molar-refractivity contribution is 7.17. The van der Waals surface area contributed by atoms with Gasteiger partial charge in [-0.05, 0) is 65.3 Å². The number of esters is 1. The summed E-state index contributed by atoms with van der Waals surface area (Å²) >= 11 is 7.63. The topological polar surface area (TPSA) is 89.6 Å². The molecule has 3 rings (SSSR count). The van der Waals surface area contributed by atoms with Gasteiger partial charge in [-0.1, -0.05) is 23.7 Å². The molecule has 2 N–H and O–H groups in total. The van der Waals surface area contributed by atoms with E-state index in [9.17, 15) is 4.79 Å². The highest BCUT2D eigenvalue weighted by Crippen LogP contribution is 2.40. The largest absolute Gasteiger partial charge is 0.457 e. The molecule has 8 heteroatoms. The number of aliphatic imine (C=N–C) groups is 1. The molecule has 0 fully saturated rings. The Morgan fingerprint density at radius 1 is 1.25 bits per heavy atom. The lowest BCUT2D eigenvalue weighted by molar-refractivity contribution is -0.148. The molecule has 1 aliphatic rings. The summed E-state index contributed by atoms with van der Waals surface area (Å²) in [5.41, 5.74) is 2.87. The number of hydrogen-bond donors (Lipinski definition) is 2. The Labute approximate surface area is 197 Å². The van der Waals surface area contributed by atoms with Crippen molar-refractivity contribution in [2.24, 2.45) is 4.99 Å². The molecule has 1 atom stereocenters. The van der Waals surface area contributed by atoms with Crippen LogP contribution < -0.4 is 4.90 Å². The van der Waals surface area contributed by atoms with Gasteiger partial charge < -0.3 is 4.74 Å². The number of amidine groups is 2. The Balaban J connectivity index is 2.18. The second-order valence-corrected chi connectivity index (χ2v) is 10.2.